The van der Waals surface area contributed by atoms with E-state index >= 15 is 0 Å². The molecule has 0 aromatic rings. The fraction of sp³-hybridized carbons (Fsp3) is 0.923. The van der Waals surface area contributed by atoms with E-state index in [2.05, 4.69) is 0 Å². The Morgan fingerprint density at radius 2 is 2.13 bits per heavy atom. The Hall–Kier alpha value is -0.370. The van der Waals surface area contributed by atoms with Crippen LogP contribution in [-0.4, -0.2) is 19.0 Å². The molecule has 0 aromatic carbocycles. The topological polar surface area (TPSA) is 26.3 Å². The van der Waals surface area contributed by atoms with Gasteiger partial charge < -0.3 is 4.74 Å². The second kappa shape index (κ2) is 3.58. The summed E-state index contributed by atoms with van der Waals surface area (Å²) >= 11 is 0. The van der Waals surface area contributed by atoms with Crippen LogP contribution in [0.25, 0.3) is 0 Å². The number of ketones is 1. The molecule has 4 rings (SSSR count). The molecule has 0 aliphatic heterocycles. The van der Waals surface area contributed by atoms with E-state index in [0.717, 1.165) is 25.0 Å². The number of hydrogen-bond donors (Lipinski definition) is 0. The number of carbonyl (C=O) groups is 1. The molecule has 0 N–H and O–H groups in total. The SMILES string of the molecule is CCOCC1C2CC3CC(C2)C(=O)C1C3. The minimum absolute atomic E-state index is 0.368. The average molecular weight is 208 g/mol. The van der Waals surface area contributed by atoms with E-state index in [1.54, 1.807) is 0 Å². The number of carbonyl (C=O) groups excluding carboxylic acids is 1. The largest absolute Gasteiger partial charge is 0.381 e. The van der Waals surface area contributed by atoms with Gasteiger partial charge in [-0.3, -0.25) is 4.79 Å². The van der Waals surface area contributed by atoms with Gasteiger partial charge in [-0.05, 0) is 50.4 Å². The van der Waals surface area contributed by atoms with Gasteiger partial charge in [-0.2, -0.15) is 0 Å². The molecule has 0 heterocycles. The third kappa shape index (κ3) is 1.45. The highest BCUT2D eigenvalue weighted by Crippen LogP contribution is 2.54. The van der Waals surface area contributed by atoms with Crippen molar-refractivity contribution in [3.63, 3.8) is 0 Å². The maximum atomic E-state index is 12.1. The lowest BCUT2D eigenvalue weighted by molar-refractivity contribution is -0.150. The maximum Gasteiger partial charge on any atom is 0.139 e. The molecule has 4 aliphatic rings. The second-order valence-corrected chi connectivity index (χ2v) is 5.60. The van der Waals surface area contributed by atoms with E-state index in [1.807, 2.05) is 6.92 Å². The van der Waals surface area contributed by atoms with Gasteiger partial charge >= 0.3 is 0 Å². The van der Waals surface area contributed by atoms with Crippen LogP contribution in [0.3, 0.4) is 0 Å². The smallest absolute Gasteiger partial charge is 0.139 e. The molecule has 15 heavy (non-hydrogen) atoms. The summed E-state index contributed by atoms with van der Waals surface area (Å²) in [6, 6.07) is 0. The molecular weight excluding hydrogens is 188 g/mol. The summed E-state index contributed by atoms with van der Waals surface area (Å²) in [5.41, 5.74) is 0. The molecule has 0 aromatic heterocycles. The van der Waals surface area contributed by atoms with Crippen LogP contribution in [0.1, 0.15) is 32.6 Å². The first-order valence-corrected chi connectivity index (χ1v) is 6.41. The monoisotopic (exact) mass is 208 g/mol. The quantitative estimate of drug-likeness (QED) is 0.711. The van der Waals surface area contributed by atoms with Crippen LogP contribution >= 0.6 is 0 Å². The lowest BCUT2D eigenvalue weighted by Gasteiger charge is -2.53. The van der Waals surface area contributed by atoms with E-state index < -0.39 is 0 Å². The molecule has 4 fully saturated rings. The zero-order chi connectivity index (χ0) is 10.4. The van der Waals surface area contributed by atoms with Crippen LogP contribution in [0.15, 0.2) is 0 Å². The highest BCUT2D eigenvalue weighted by Gasteiger charge is 2.52. The standard InChI is InChI=1S/C13H20O2/c1-2-15-7-12-9-3-8-4-10(6-9)13(14)11(12)5-8/h8-12H,2-7H2,1H3. The molecule has 5 atom stereocenters. The molecule has 2 nitrogen and oxygen atoms in total. The van der Waals surface area contributed by atoms with Gasteiger partial charge in [0.25, 0.3) is 0 Å². The number of Topliss-reactive ketones (excluding diaryl/α,β-unsaturated/α-hetero) is 1. The number of hydrogen-bond acceptors (Lipinski definition) is 2. The van der Waals surface area contributed by atoms with Gasteiger partial charge in [-0.15, -0.1) is 0 Å². The summed E-state index contributed by atoms with van der Waals surface area (Å²) in [5, 5.41) is 0. The van der Waals surface area contributed by atoms with E-state index in [-0.39, 0.29) is 0 Å². The van der Waals surface area contributed by atoms with Crippen molar-refractivity contribution >= 4 is 5.78 Å². The maximum absolute atomic E-state index is 12.1. The predicted octanol–water partition coefficient (Wildman–Crippen LogP) is 2.27. The summed E-state index contributed by atoms with van der Waals surface area (Å²) in [6.45, 7) is 3.66. The first-order chi connectivity index (χ1) is 7.29. The fourth-order valence-corrected chi connectivity index (χ4v) is 4.26. The van der Waals surface area contributed by atoms with Crippen molar-refractivity contribution in [1.29, 1.82) is 0 Å². The van der Waals surface area contributed by atoms with Crippen molar-refractivity contribution in [3.8, 4) is 0 Å². The summed E-state index contributed by atoms with van der Waals surface area (Å²) < 4.78 is 5.56. The van der Waals surface area contributed by atoms with Crippen LogP contribution in [0.5, 0.6) is 0 Å². The Balaban J connectivity index is 1.77. The Morgan fingerprint density at radius 1 is 1.27 bits per heavy atom. The van der Waals surface area contributed by atoms with E-state index in [0.29, 0.717) is 23.5 Å². The average Bonchev–Trinajstić information content (AvgIpc) is 2.24. The summed E-state index contributed by atoms with van der Waals surface area (Å²) in [6.07, 6.45) is 4.92. The molecule has 0 spiro atoms. The molecule has 5 unspecified atom stereocenters. The normalized spacial score (nSPS) is 47.5. The van der Waals surface area contributed by atoms with Crippen molar-refractivity contribution in [2.24, 2.45) is 29.6 Å². The van der Waals surface area contributed by atoms with Gasteiger partial charge in [-0.25, -0.2) is 0 Å². The Bertz CT molecular complexity index is 274. The fourth-order valence-electron chi connectivity index (χ4n) is 4.26. The minimum atomic E-state index is 0.368. The molecule has 0 saturated heterocycles. The van der Waals surface area contributed by atoms with E-state index in [4.69, 9.17) is 4.74 Å². The summed E-state index contributed by atoms with van der Waals surface area (Å²) in [4.78, 5) is 12.1. The lowest BCUT2D eigenvalue weighted by Crippen LogP contribution is -2.52. The van der Waals surface area contributed by atoms with Gasteiger partial charge in [0.1, 0.15) is 5.78 Å². The number of rotatable bonds is 3. The summed E-state index contributed by atoms with van der Waals surface area (Å²) in [7, 11) is 0. The van der Waals surface area contributed by atoms with E-state index in [9.17, 15) is 4.79 Å². The molecule has 0 amide bonds. The van der Waals surface area contributed by atoms with Gasteiger partial charge in [0, 0.05) is 18.4 Å². The molecule has 4 bridgehead atoms. The lowest BCUT2D eigenvalue weighted by atomic mass is 9.51. The highest BCUT2D eigenvalue weighted by molar-refractivity contribution is 5.85. The van der Waals surface area contributed by atoms with Crippen molar-refractivity contribution in [2.45, 2.75) is 32.6 Å². The van der Waals surface area contributed by atoms with Gasteiger partial charge in [0.15, 0.2) is 0 Å². The first kappa shape index (κ1) is 9.83. The highest BCUT2D eigenvalue weighted by atomic mass is 16.5. The Morgan fingerprint density at radius 3 is 2.93 bits per heavy atom. The van der Waals surface area contributed by atoms with Crippen molar-refractivity contribution in [2.75, 3.05) is 13.2 Å². The van der Waals surface area contributed by atoms with Crippen LogP contribution in [0.4, 0.5) is 0 Å². The van der Waals surface area contributed by atoms with Crippen molar-refractivity contribution in [3.05, 3.63) is 0 Å². The van der Waals surface area contributed by atoms with Crippen LogP contribution in [0.2, 0.25) is 0 Å². The van der Waals surface area contributed by atoms with Gasteiger partial charge in [0.05, 0.1) is 6.61 Å². The predicted molar refractivity (Wildman–Crippen MR) is 57.4 cm³/mol. The second-order valence-electron chi connectivity index (χ2n) is 5.60. The van der Waals surface area contributed by atoms with Crippen molar-refractivity contribution < 1.29 is 9.53 Å². The van der Waals surface area contributed by atoms with Gasteiger partial charge in [-0.1, -0.05) is 0 Å². The van der Waals surface area contributed by atoms with Crippen LogP contribution in [-0.2, 0) is 9.53 Å². The molecule has 4 aliphatic carbocycles. The minimum Gasteiger partial charge on any atom is -0.381 e. The van der Waals surface area contributed by atoms with Gasteiger partial charge in [0.2, 0.25) is 0 Å². The zero-order valence-corrected chi connectivity index (χ0v) is 9.45. The molecule has 2 heteroatoms. The van der Waals surface area contributed by atoms with E-state index in [1.165, 1.54) is 25.7 Å². The molecule has 4 saturated carbocycles. The third-order valence-corrected chi connectivity index (χ3v) is 4.83. The van der Waals surface area contributed by atoms with Crippen LogP contribution in [0, 0.1) is 29.6 Å². The Labute approximate surface area is 91.4 Å². The molecule has 0 radical (unpaired) electrons. The zero-order valence-electron chi connectivity index (χ0n) is 9.45. The van der Waals surface area contributed by atoms with Crippen LogP contribution < -0.4 is 0 Å². The third-order valence-electron chi connectivity index (χ3n) is 4.83. The number of ether oxygens (including phenoxy) is 1. The molecular formula is C13H20O2. The van der Waals surface area contributed by atoms with Crippen molar-refractivity contribution in [1.82, 2.24) is 0 Å². The molecule has 84 valence electrons. The summed E-state index contributed by atoms with van der Waals surface area (Å²) in [5.74, 6) is 3.61. The Kier molecular flexibility index (Phi) is 2.35. The first-order valence-electron chi connectivity index (χ1n) is 6.41.